The van der Waals surface area contributed by atoms with Crippen molar-refractivity contribution in [2.24, 2.45) is 5.41 Å². The fourth-order valence-corrected chi connectivity index (χ4v) is 2.84. The monoisotopic (exact) mass is 313 g/mol. The molecule has 23 heavy (non-hydrogen) atoms. The smallest absolute Gasteiger partial charge is 0.240 e. The molecule has 0 aromatic heterocycles. The number of nitrogens with one attached hydrogen (secondary N) is 1. The van der Waals surface area contributed by atoms with Crippen LogP contribution in [0.25, 0.3) is 0 Å². The van der Waals surface area contributed by atoms with Gasteiger partial charge in [0.1, 0.15) is 5.41 Å². The number of rotatable bonds is 5. The van der Waals surface area contributed by atoms with E-state index in [0.717, 1.165) is 12.1 Å². The number of hydrogen-bond donors (Lipinski definition) is 1. The first-order chi connectivity index (χ1) is 10.9. The molecule has 1 fully saturated rings. The Balaban J connectivity index is 1.87. The number of amides is 1. The third-order valence-electron chi connectivity index (χ3n) is 4.65. The summed E-state index contributed by atoms with van der Waals surface area (Å²) in [6.45, 7) is 8.21. The minimum absolute atomic E-state index is 0.230. The summed E-state index contributed by atoms with van der Waals surface area (Å²) in [4.78, 5) is 14.4. The highest BCUT2D eigenvalue weighted by Gasteiger charge is 2.26. The first-order valence-corrected chi connectivity index (χ1v) is 8.44. The highest BCUT2D eigenvalue weighted by Crippen LogP contribution is 2.19. The van der Waals surface area contributed by atoms with E-state index in [0.29, 0.717) is 12.6 Å². The number of nitriles is 1. The van der Waals surface area contributed by atoms with Crippen molar-refractivity contribution < 1.29 is 4.79 Å². The molecule has 1 amide bonds. The lowest BCUT2D eigenvalue weighted by atomic mass is 9.94. The van der Waals surface area contributed by atoms with Crippen LogP contribution in [0.1, 0.15) is 51.2 Å². The van der Waals surface area contributed by atoms with E-state index in [9.17, 15) is 4.79 Å². The van der Waals surface area contributed by atoms with E-state index >= 15 is 0 Å². The lowest BCUT2D eigenvalue weighted by Crippen LogP contribution is -2.36. The van der Waals surface area contributed by atoms with E-state index in [4.69, 9.17) is 5.26 Å². The molecule has 0 spiro atoms. The molecule has 2 rings (SSSR count). The van der Waals surface area contributed by atoms with E-state index in [1.165, 1.54) is 31.4 Å². The quantitative estimate of drug-likeness (QED) is 0.908. The molecule has 124 valence electrons. The lowest BCUT2D eigenvalue weighted by Gasteiger charge is -2.33. The van der Waals surface area contributed by atoms with Gasteiger partial charge in [-0.05, 0) is 51.3 Å². The molecule has 4 nitrogen and oxygen atoms in total. The molecule has 4 heteroatoms. The molecule has 0 aliphatic carbocycles. The standard InChI is InChI=1S/C19H27N3O/c1-15-6-4-5-11-22(15)13-17-9-7-16(8-10-17)12-21-18(23)19(2,3)14-20/h7-10,15H,4-6,11-13H2,1-3H3,(H,21,23). The van der Waals surface area contributed by atoms with Crippen molar-refractivity contribution in [1.29, 1.82) is 5.26 Å². The molecular formula is C19H27N3O. The van der Waals surface area contributed by atoms with Gasteiger partial charge >= 0.3 is 0 Å². The second-order valence-corrected chi connectivity index (χ2v) is 7.05. The van der Waals surface area contributed by atoms with Gasteiger partial charge in [0.25, 0.3) is 0 Å². The molecule has 1 heterocycles. The van der Waals surface area contributed by atoms with Gasteiger partial charge < -0.3 is 5.32 Å². The zero-order valence-corrected chi connectivity index (χ0v) is 14.4. The number of hydrogen-bond acceptors (Lipinski definition) is 3. The van der Waals surface area contributed by atoms with Crippen LogP contribution in [0, 0.1) is 16.7 Å². The Hall–Kier alpha value is -1.86. The molecule has 1 N–H and O–H groups in total. The molecule has 1 aromatic carbocycles. The predicted octanol–water partition coefficient (Wildman–Crippen LogP) is 3.23. The van der Waals surface area contributed by atoms with Crippen LogP contribution in [0.15, 0.2) is 24.3 Å². The van der Waals surface area contributed by atoms with E-state index in [2.05, 4.69) is 41.4 Å². The maximum absolute atomic E-state index is 11.9. The van der Waals surface area contributed by atoms with E-state index in [-0.39, 0.29) is 5.91 Å². The van der Waals surface area contributed by atoms with E-state index in [1.54, 1.807) is 13.8 Å². The highest BCUT2D eigenvalue weighted by molar-refractivity contribution is 5.84. The third-order valence-corrected chi connectivity index (χ3v) is 4.65. The van der Waals surface area contributed by atoms with Gasteiger partial charge in [0.2, 0.25) is 5.91 Å². The molecule has 0 bridgehead atoms. The van der Waals surface area contributed by atoms with Crippen LogP contribution in [0.4, 0.5) is 0 Å². The summed E-state index contributed by atoms with van der Waals surface area (Å²) in [7, 11) is 0. The number of likely N-dealkylation sites (tertiary alicyclic amines) is 1. The van der Waals surface area contributed by atoms with Gasteiger partial charge in [-0.25, -0.2) is 0 Å². The Morgan fingerprint density at radius 3 is 2.57 bits per heavy atom. The molecule has 1 aliphatic heterocycles. The topological polar surface area (TPSA) is 56.1 Å². The summed E-state index contributed by atoms with van der Waals surface area (Å²) in [5.74, 6) is -0.230. The summed E-state index contributed by atoms with van der Waals surface area (Å²) in [6.07, 6.45) is 3.93. The summed E-state index contributed by atoms with van der Waals surface area (Å²) in [5.41, 5.74) is 1.39. The minimum atomic E-state index is -0.982. The minimum Gasteiger partial charge on any atom is -0.351 e. The Bertz CT molecular complexity index is 571. The average Bonchev–Trinajstić information content (AvgIpc) is 2.56. The Labute approximate surface area is 139 Å². The van der Waals surface area contributed by atoms with Gasteiger partial charge in [0, 0.05) is 19.1 Å². The van der Waals surface area contributed by atoms with Crippen molar-refractivity contribution >= 4 is 5.91 Å². The number of carbonyl (C=O) groups is 1. The Morgan fingerprint density at radius 1 is 1.30 bits per heavy atom. The third kappa shape index (κ3) is 4.80. The number of benzene rings is 1. The van der Waals surface area contributed by atoms with Crippen molar-refractivity contribution in [2.45, 2.75) is 59.2 Å². The van der Waals surface area contributed by atoms with Crippen LogP contribution < -0.4 is 5.32 Å². The molecule has 0 saturated carbocycles. The van der Waals surface area contributed by atoms with Crippen LogP contribution in [-0.2, 0) is 17.9 Å². The first-order valence-electron chi connectivity index (χ1n) is 8.44. The average molecular weight is 313 g/mol. The lowest BCUT2D eigenvalue weighted by molar-refractivity contribution is -0.126. The summed E-state index contributed by atoms with van der Waals surface area (Å²) >= 11 is 0. The van der Waals surface area contributed by atoms with Crippen LogP contribution in [-0.4, -0.2) is 23.4 Å². The molecule has 0 radical (unpaired) electrons. The van der Waals surface area contributed by atoms with Crippen molar-refractivity contribution in [1.82, 2.24) is 10.2 Å². The van der Waals surface area contributed by atoms with Gasteiger partial charge in [0.15, 0.2) is 0 Å². The van der Waals surface area contributed by atoms with Crippen LogP contribution in [0.5, 0.6) is 0 Å². The van der Waals surface area contributed by atoms with E-state index in [1.807, 2.05) is 6.07 Å². The zero-order chi connectivity index (χ0) is 16.9. The molecule has 1 unspecified atom stereocenters. The summed E-state index contributed by atoms with van der Waals surface area (Å²) in [5, 5.41) is 11.8. The largest absolute Gasteiger partial charge is 0.351 e. The van der Waals surface area contributed by atoms with Crippen molar-refractivity contribution in [3.63, 3.8) is 0 Å². The molecule has 1 aliphatic rings. The maximum Gasteiger partial charge on any atom is 0.240 e. The Morgan fingerprint density at radius 2 is 1.96 bits per heavy atom. The fraction of sp³-hybridized carbons (Fsp3) is 0.579. The van der Waals surface area contributed by atoms with Gasteiger partial charge in [-0.15, -0.1) is 0 Å². The normalized spacial score (nSPS) is 19.1. The second kappa shape index (κ2) is 7.61. The van der Waals surface area contributed by atoms with Gasteiger partial charge in [-0.1, -0.05) is 30.7 Å². The Kier molecular flexibility index (Phi) is 5.79. The molecular weight excluding hydrogens is 286 g/mol. The number of piperidine rings is 1. The number of carbonyl (C=O) groups excluding carboxylic acids is 1. The fourth-order valence-electron chi connectivity index (χ4n) is 2.84. The highest BCUT2D eigenvalue weighted by atomic mass is 16.2. The molecule has 1 saturated heterocycles. The summed E-state index contributed by atoms with van der Waals surface area (Å²) < 4.78 is 0. The SMILES string of the molecule is CC1CCCCN1Cc1ccc(CNC(=O)C(C)(C)C#N)cc1. The van der Waals surface area contributed by atoms with Crippen LogP contribution >= 0.6 is 0 Å². The summed E-state index contributed by atoms with van der Waals surface area (Å²) in [6, 6.07) is 11.1. The first kappa shape index (κ1) is 17.5. The predicted molar refractivity (Wildman–Crippen MR) is 91.4 cm³/mol. The van der Waals surface area contributed by atoms with Gasteiger partial charge in [-0.2, -0.15) is 5.26 Å². The zero-order valence-electron chi connectivity index (χ0n) is 14.4. The molecule has 1 atom stereocenters. The van der Waals surface area contributed by atoms with Crippen molar-refractivity contribution in [3.8, 4) is 6.07 Å². The van der Waals surface area contributed by atoms with Gasteiger partial charge in [0.05, 0.1) is 6.07 Å². The van der Waals surface area contributed by atoms with Gasteiger partial charge in [-0.3, -0.25) is 9.69 Å². The maximum atomic E-state index is 11.9. The molecule has 1 aromatic rings. The van der Waals surface area contributed by atoms with Crippen molar-refractivity contribution in [3.05, 3.63) is 35.4 Å². The van der Waals surface area contributed by atoms with E-state index < -0.39 is 5.41 Å². The van der Waals surface area contributed by atoms with Crippen molar-refractivity contribution in [2.75, 3.05) is 6.54 Å². The second-order valence-electron chi connectivity index (χ2n) is 7.05. The number of nitrogens with zero attached hydrogens (tertiary/aromatic N) is 2. The van der Waals surface area contributed by atoms with Crippen LogP contribution in [0.3, 0.4) is 0 Å². The van der Waals surface area contributed by atoms with Crippen LogP contribution in [0.2, 0.25) is 0 Å².